The van der Waals surface area contributed by atoms with Crippen molar-refractivity contribution in [2.75, 3.05) is 35.5 Å². The molecule has 10 heteroatoms. The van der Waals surface area contributed by atoms with Crippen LogP contribution in [0.2, 0.25) is 0 Å². The molecule has 0 amide bonds. The Labute approximate surface area is 193 Å². The summed E-state index contributed by atoms with van der Waals surface area (Å²) in [5, 5.41) is 9.78. The van der Waals surface area contributed by atoms with Crippen molar-refractivity contribution < 1.29 is 8.42 Å². The summed E-state index contributed by atoms with van der Waals surface area (Å²) in [6.07, 6.45) is 2.11. The summed E-state index contributed by atoms with van der Waals surface area (Å²) >= 11 is 1.57. The summed E-state index contributed by atoms with van der Waals surface area (Å²) in [5.41, 5.74) is 1.25. The van der Waals surface area contributed by atoms with E-state index in [1.165, 1.54) is 0 Å². The maximum absolute atomic E-state index is 12.5. The van der Waals surface area contributed by atoms with Gasteiger partial charge in [-0.05, 0) is 83.4 Å². The highest BCUT2D eigenvalue weighted by Gasteiger charge is 2.29. The number of fused-ring (bicyclic) bond motifs is 1. The quantitative estimate of drug-likeness (QED) is 0.484. The second-order valence-corrected chi connectivity index (χ2v) is 12.5. The molecular weight excluding hydrogens is 444 g/mol. The van der Waals surface area contributed by atoms with Crippen molar-refractivity contribution >= 4 is 54.7 Å². The number of aromatic nitrogens is 2. The average molecular weight is 475 g/mol. The second-order valence-electron chi connectivity index (χ2n) is 9.18. The first-order chi connectivity index (χ1) is 15.1. The van der Waals surface area contributed by atoms with Gasteiger partial charge in [0.15, 0.2) is 0 Å². The highest BCUT2D eigenvalue weighted by molar-refractivity contribution is 7.94. The molecule has 0 saturated carbocycles. The molecule has 0 spiro atoms. The Balaban J connectivity index is 1.57. The second kappa shape index (κ2) is 8.84. The first-order valence-electron chi connectivity index (χ1n) is 10.7. The monoisotopic (exact) mass is 474 g/mol. The number of hydrogen-bond donors (Lipinski definition) is 3. The lowest BCUT2D eigenvalue weighted by Gasteiger charge is -2.29. The van der Waals surface area contributed by atoms with Gasteiger partial charge in [0.05, 0.1) is 15.8 Å². The van der Waals surface area contributed by atoms with Crippen LogP contribution in [0.5, 0.6) is 0 Å². The van der Waals surface area contributed by atoms with Crippen molar-refractivity contribution in [2.24, 2.45) is 0 Å². The molecule has 0 atom stereocenters. The molecular formula is C22H30N6O2S2. The Morgan fingerprint density at radius 1 is 1.09 bits per heavy atom. The number of sulfonamides is 1. The summed E-state index contributed by atoms with van der Waals surface area (Å²) in [7, 11) is -1.37. The Morgan fingerprint density at radius 3 is 2.53 bits per heavy atom. The number of nitrogens with one attached hydrogen (secondary N) is 3. The molecule has 3 N–H and O–H groups in total. The number of benzene rings is 1. The van der Waals surface area contributed by atoms with Crippen LogP contribution in [0.4, 0.5) is 23.1 Å². The zero-order valence-corrected chi connectivity index (χ0v) is 20.5. The largest absolute Gasteiger partial charge is 0.351 e. The fourth-order valence-corrected chi connectivity index (χ4v) is 4.96. The predicted octanol–water partition coefficient (Wildman–Crippen LogP) is 4.48. The van der Waals surface area contributed by atoms with Gasteiger partial charge in [-0.3, -0.25) is 4.72 Å². The lowest BCUT2D eigenvalue weighted by atomic mass is 10.1. The lowest BCUT2D eigenvalue weighted by molar-refractivity contribution is 0.263. The molecule has 0 bridgehead atoms. The van der Waals surface area contributed by atoms with Crippen LogP contribution < -0.4 is 15.4 Å². The Bertz CT molecular complexity index is 1190. The van der Waals surface area contributed by atoms with Crippen molar-refractivity contribution in [3.05, 3.63) is 35.7 Å². The molecule has 1 aromatic carbocycles. The summed E-state index contributed by atoms with van der Waals surface area (Å²) in [6.45, 7) is 7.13. The van der Waals surface area contributed by atoms with E-state index in [2.05, 4.69) is 27.3 Å². The van der Waals surface area contributed by atoms with E-state index in [9.17, 15) is 8.42 Å². The van der Waals surface area contributed by atoms with E-state index in [0.717, 1.165) is 41.8 Å². The van der Waals surface area contributed by atoms with Crippen molar-refractivity contribution in [3.63, 3.8) is 0 Å². The maximum Gasteiger partial charge on any atom is 0.237 e. The van der Waals surface area contributed by atoms with Crippen LogP contribution in [0.3, 0.4) is 0 Å². The van der Waals surface area contributed by atoms with E-state index in [1.807, 2.05) is 23.6 Å². The minimum absolute atomic E-state index is 0.353. The first-order valence-corrected chi connectivity index (χ1v) is 13.1. The van der Waals surface area contributed by atoms with Crippen molar-refractivity contribution in [2.45, 2.75) is 44.4 Å². The molecule has 1 saturated heterocycles. The number of likely N-dealkylation sites (tertiary alicyclic amines) is 1. The molecule has 0 aliphatic carbocycles. The molecule has 1 fully saturated rings. The van der Waals surface area contributed by atoms with E-state index >= 15 is 0 Å². The topological polar surface area (TPSA) is 99.2 Å². The molecule has 1 aliphatic rings. The molecule has 0 radical (unpaired) electrons. The van der Waals surface area contributed by atoms with Gasteiger partial charge in [0.25, 0.3) is 0 Å². The molecule has 172 valence electrons. The fraction of sp³-hybridized carbons (Fsp3) is 0.455. The molecule has 3 aromatic rings. The van der Waals surface area contributed by atoms with Crippen LogP contribution in [0, 0.1) is 0 Å². The van der Waals surface area contributed by atoms with Gasteiger partial charge in [0.1, 0.15) is 10.6 Å². The maximum atomic E-state index is 12.5. The van der Waals surface area contributed by atoms with Crippen molar-refractivity contribution in [1.82, 2.24) is 14.9 Å². The van der Waals surface area contributed by atoms with Gasteiger partial charge in [-0.25, -0.2) is 13.4 Å². The third-order valence-electron chi connectivity index (χ3n) is 5.56. The minimum Gasteiger partial charge on any atom is -0.351 e. The van der Waals surface area contributed by atoms with Crippen molar-refractivity contribution in [1.29, 1.82) is 0 Å². The summed E-state index contributed by atoms with van der Waals surface area (Å²) in [5.74, 6) is 1.31. The smallest absolute Gasteiger partial charge is 0.237 e. The van der Waals surface area contributed by atoms with Gasteiger partial charge >= 0.3 is 0 Å². The molecule has 2 aromatic heterocycles. The first kappa shape index (κ1) is 22.8. The third-order valence-corrected chi connectivity index (χ3v) is 8.48. The molecule has 3 heterocycles. The van der Waals surface area contributed by atoms with E-state index in [4.69, 9.17) is 9.97 Å². The zero-order valence-electron chi connectivity index (χ0n) is 18.8. The highest BCUT2D eigenvalue weighted by Crippen LogP contribution is 2.30. The van der Waals surface area contributed by atoms with Crippen LogP contribution in [-0.4, -0.2) is 54.2 Å². The predicted molar refractivity (Wildman–Crippen MR) is 134 cm³/mol. The normalized spacial score (nSPS) is 16.2. The average Bonchev–Trinajstić information content (AvgIpc) is 3.18. The number of piperidine rings is 1. The van der Waals surface area contributed by atoms with Gasteiger partial charge in [0.2, 0.25) is 16.0 Å². The summed E-state index contributed by atoms with van der Waals surface area (Å²) < 4.78 is 26.8. The Hall–Kier alpha value is -2.43. The van der Waals surface area contributed by atoms with Gasteiger partial charge in [0, 0.05) is 11.7 Å². The Kier molecular flexibility index (Phi) is 6.28. The van der Waals surface area contributed by atoms with Crippen molar-refractivity contribution in [3.8, 4) is 0 Å². The molecule has 32 heavy (non-hydrogen) atoms. The van der Waals surface area contributed by atoms with Crippen LogP contribution in [0.15, 0.2) is 35.7 Å². The fourth-order valence-electron chi connectivity index (χ4n) is 3.46. The van der Waals surface area contributed by atoms with Gasteiger partial charge in [-0.2, -0.15) is 4.98 Å². The number of rotatable bonds is 6. The molecule has 4 rings (SSSR count). The lowest BCUT2D eigenvalue weighted by Crippen LogP contribution is -2.37. The van der Waals surface area contributed by atoms with E-state index in [-0.39, 0.29) is 0 Å². The summed E-state index contributed by atoms with van der Waals surface area (Å²) in [4.78, 5) is 12.7. The van der Waals surface area contributed by atoms with E-state index in [1.54, 1.807) is 44.2 Å². The van der Waals surface area contributed by atoms with Crippen LogP contribution in [-0.2, 0) is 10.0 Å². The third kappa shape index (κ3) is 5.13. The zero-order chi connectivity index (χ0) is 22.9. The van der Waals surface area contributed by atoms with E-state index in [0.29, 0.717) is 23.5 Å². The molecule has 1 aliphatic heterocycles. The minimum atomic E-state index is -3.51. The summed E-state index contributed by atoms with van der Waals surface area (Å²) in [6, 6.07) is 9.56. The standard InChI is InChI=1S/C22H30N6O2S2/c1-22(2,3)32(29,30)27-17-7-5-6-16(14-17)23-19-18-10-13-31-20(18)26-21(25-19)24-15-8-11-28(4)12-9-15/h5-7,10,13-15,27H,8-9,11-12H2,1-4H3,(H2,23,24,25,26). The number of thiophene rings is 1. The number of nitrogens with zero attached hydrogens (tertiary/aromatic N) is 3. The van der Waals surface area contributed by atoms with Gasteiger partial charge < -0.3 is 15.5 Å². The molecule has 8 nitrogen and oxygen atoms in total. The van der Waals surface area contributed by atoms with Crippen LogP contribution in [0.1, 0.15) is 33.6 Å². The van der Waals surface area contributed by atoms with E-state index < -0.39 is 14.8 Å². The van der Waals surface area contributed by atoms with Crippen LogP contribution in [0.25, 0.3) is 10.2 Å². The number of hydrogen-bond acceptors (Lipinski definition) is 8. The Morgan fingerprint density at radius 2 is 1.81 bits per heavy atom. The van der Waals surface area contributed by atoms with Crippen LogP contribution >= 0.6 is 11.3 Å². The molecule has 0 unspecified atom stereocenters. The van der Waals surface area contributed by atoms with Gasteiger partial charge in [-0.1, -0.05) is 6.07 Å². The SMILES string of the molecule is CN1CCC(Nc2nc(Nc3cccc(NS(=O)(=O)C(C)(C)C)c3)c3ccsc3n2)CC1. The highest BCUT2D eigenvalue weighted by atomic mass is 32.2. The van der Waals surface area contributed by atoms with Gasteiger partial charge in [-0.15, -0.1) is 11.3 Å². The number of anilines is 4.